The molecule has 0 bridgehead atoms. The van der Waals surface area contributed by atoms with Gasteiger partial charge in [0.15, 0.2) is 0 Å². The Balaban J connectivity index is 2.54. The van der Waals surface area contributed by atoms with Gasteiger partial charge in [-0.05, 0) is 55.9 Å². The van der Waals surface area contributed by atoms with Crippen molar-refractivity contribution in [3.63, 3.8) is 0 Å². The number of carboxylic acid groups (broad SMARTS) is 1. The molecule has 1 amide bonds. The quantitative estimate of drug-likeness (QED) is 0.600. The van der Waals surface area contributed by atoms with E-state index >= 15 is 0 Å². The molecule has 0 unspecified atom stereocenters. The Labute approximate surface area is 173 Å². The number of hydrogen-bond donors (Lipinski definition) is 2. The minimum atomic E-state index is -0.971. The summed E-state index contributed by atoms with van der Waals surface area (Å²) in [5.41, 5.74) is 8.41. The number of aromatic nitrogens is 2. The molecule has 156 valence electrons. The van der Waals surface area contributed by atoms with Crippen LogP contribution >= 0.6 is 0 Å². The molecule has 0 fully saturated rings. The van der Waals surface area contributed by atoms with E-state index in [2.05, 4.69) is 37.3 Å². The minimum absolute atomic E-state index is 0.0311. The first-order chi connectivity index (χ1) is 13.5. The number of nitrogens with two attached hydrogens (primary N) is 1. The highest BCUT2D eigenvalue weighted by molar-refractivity contribution is 5.75. The number of rotatable bonds is 7. The van der Waals surface area contributed by atoms with Crippen molar-refractivity contribution in [2.24, 2.45) is 5.41 Å². The molecular weight excluding hydrogens is 364 g/mol. The SMILES string of the molecule is C=CC[C@@H](c1cc(-c2ccncc2N)ccn1)N(C(=O)O)C(C)(C)CC(C)(C)C. The summed E-state index contributed by atoms with van der Waals surface area (Å²) in [4.78, 5) is 22.4. The van der Waals surface area contributed by atoms with Crippen LogP contribution in [0.25, 0.3) is 11.1 Å². The van der Waals surface area contributed by atoms with E-state index in [1.807, 2.05) is 32.0 Å². The van der Waals surface area contributed by atoms with E-state index in [-0.39, 0.29) is 5.41 Å². The van der Waals surface area contributed by atoms with Crippen LogP contribution in [-0.2, 0) is 0 Å². The number of pyridine rings is 2. The molecule has 0 spiro atoms. The van der Waals surface area contributed by atoms with Crippen LogP contribution in [0.5, 0.6) is 0 Å². The maximum absolute atomic E-state index is 12.4. The van der Waals surface area contributed by atoms with Gasteiger partial charge in [-0.15, -0.1) is 6.58 Å². The largest absolute Gasteiger partial charge is 0.465 e. The fourth-order valence-electron chi connectivity index (χ4n) is 4.18. The highest BCUT2D eigenvalue weighted by Crippen LogP contribution is 2.38. The fraction of sp³-hybridized carbons (Fsp3) is 0.435. The molecule has 0 aliphatic rings. The zero-order chi connectivity index (χ0) is 21.8. The summed E-state index contributed by atoms with van der Waals surface area (Å²) in [5, 5.41) is 10.1. The van der Waals surface area contributed by atoms with Gasteiger partial charge >= 0.3 is 6.09 Å². The summed E-state index contributed by atoms with van der Waals surface area (Å²) >= 11 is 0. The maximum Gasteiger partial charge on any atom is 0.408 e. The van der Waals surface area contributed by atoms with Gasteiger partial charge in [0.25, 0.3) is 0 Å². The summed E-state index contributed by atoms with van der Waals surface area (Å²) in [6.45, 7) is 14.1. The van der Waals surface area contributed by atoms with Gasteiger partial charge in [0, 0.05) is 23.5 Å². The van der Waals surface area contributed by atoms with Gasteiger partial charge in [0.1, 0.15) is 0 Å². The Bertz CT molecular complexity index is 871. The normalized spacial score (nSPS) is 13.0. The van der Waals surface area contributed by atoms with E-state index in [1.165, 1.54) is 4.90 Å². The lowest BCUT2D eigenvalue weighted by Gasteiger charge is -2.44. The number of nitrogen functional groups attached to an aromatic ring is 1. The predicted octanol–water partition coefficient (Wildman–Crippen LogP) is 5.54. The van der Waals surface area contributed by atoms with Crippen LogP contribution in [0.4, 0.5) is 10.5 Å². The van der Waals surface area contributed by atoms with E-state index in [9.17, 15) is 9.90 Å². The second kappa shape index (κ2) is 8.64. The Morgan fingerprint density at radius 2 is 1.97 bits per heavy atom. The maximum atomic E-state index is 12.4. The van der Waals surface area contributed by atoms with E-state index in [0.717, 1.165) is 11.1 Å². The summed E-state index contributed by atoms with van der Waals surface area (Å²) < 4.78 is 0. The van der Waals surface area contributed by atoms with E-state index in [0.29, 0.717) is 24.2 Å². The lowest BCUT2D eigenvalue weighted by molar-refractivity contribution is 0.0386. The Hall–Kier alpha value is -2.89. The lowest BCUT2D eigenvalue weighted by atomic mass is 9.80. The molecule has 2 rings (SSSR count). The average Bonchev–Trinajstić information content (AvgIpc) is 2.59. The molecule has 0 aliphatic heterocycles. The van der Waals surface area contributed by atoms with Gasteiger partial charge in [-0.2, -0.15) is 0 Å². The lowest BCUT2D eigenvalue weighted by Crippen LogP contribution is -2.51. The summed E-state index contributed by atoms with van der Waals surface area (Å²) in [6.07, 6.45) is 6.91. The van der Waals surface area contributed by atoms with Crippen LogP contribution in [-0.4, -0.2) is 31.6 Å². The van der Waals surface area contributed by atoms with Crippen LogP contribution in [0.15, 0.2) is 49.4 Å². The van der Waals surface area contributed by atoms with E-state index in [4.69, 9.17) is 5.73 Å². The Morgan fingerprint density at radius 1 is 1.28 bits per heavy atom. The topological polar surface area (TPSA) is 92.3 Å². The molecule has 2 heterocycles. The van der Waals surface area contributed by atoms with Crippen molar-refractivity contribution in [1.29, 1.82) is 0 Å². The molecule has 0 radical (unpaired) electrons. The summed E-state index contributed by atoms with van der Waals surface area (Å²) in [6, 6.07) is 5.16. The van der Waals surface area contributed by atoms with Gasteiger partial charge in [-0.3, -0.25) is 14.9 Å². The third-order valence-corrected chi connectivity index (χ3v) is 4.81. The molecule has 29 heavy (non-hydrogen) atoms. The van der Waals surface area contributed by atoms with Crippen molar-refractivity contribution >= 4 is 11.8 Å². The van der Waals surface area contributed by atoms with Crippen LogP contribution in [0.2, 0.25) is 0 Å². The first kappa shape index (κ1) is 22.4. The van der Waals surface area contributed by atoms with Crippen LogP contribution in [0.1, 0.15) is 59.2 Å². The summed E-state index contributed by atoms with van der Waals surface area (Å²) in [5.74, 6) is 0. The fourth-order valence-corrected chi connectivity index (χ4v) is 4.18. The molecule has 6 heteroatoms. The number of carbonyl (C=O) groups is 1. The zero-order valence-electron chi connectivity index (χ0n) is 18.0. The highest BCUT2D eigenvalue weighted by Gasteiger charge is 2.39. The number of hydrogen-bond acceptors (Lipinski definition) is 4. The van der Waals surface area contributed by atoms with Gasteiger partial charge in [-0.1, -0.05) is 26.8 Å². The molecule has 6 nitrogen and oxygen atoms in total. The van der Waals surface area contributed by atoms with E-state index < -0.39 is 17.7 Å². The number of amides is 1. The second-order valence-electron chi connectivity index (χ2n) is 9.17. The van der Waals surface area contributed by atoms with Gasteiger partial charge < -0.3 is 10.8 Å². The second-order valence-corrected chi connectivity index (χ2v) is 9.17. The van der Waals surface area contributed by atoms with Crippen molar-refractivity contribution < 1.29 is 9.90 Å². The third kappa shape index (κ3) is 5.56. The van der Waals surface area contributed by atoms with Crippen LogP contribution in [0, 0.1) is 5.41 Å². The predicted molar refractivity (Wildman–Crippen MR) is 117 cm³/mol. The van der Waals surface area contributed by atoms with Crippen molar-refractivity contribution in [3.8, 4) is 11.1 Å². The van der Waals surface area contributed by atoms with Crippen LogP contribution in [0.3, 0.4) is 0 Å². The summed E-state index contributed by atoms with van der Waals surface area (Å²) in [7, 11) is 0. The van der Waals surface area contributed by atoms with Gasteiger partial charge in [0.05, 0.1) is 23.6 Å². The molecule has 0 aromatic carbocycles. The molecule has 1 atom stereocenters. The average molecular weight is 397 g/mol. The van der Waals surface area contributed by atoms with Crippen molar-refractivity contribution in [2.75, 3.05) is 5.73 Å². The molecule has 0 saturated heterocycles. The van der Waals surface area contributed by atoms with Crippen molar-refractivity contribution in [3.05, 3.63) is 55.1 Å². The van der Waals surface area contributed by atoms with E-state index in [1.54, 1.807) is 24.7 Å². The highest BCUT2D eigenvalue weighted by atomic mass is 16.4. The van der Waals surface area contributed by atoms with Crippen LogP contribution < -0.4 is 5.73 Å². The third-order valence-electron chi connectivity index (χ3n) is 4.81. The van der Waals surface area contributed by atoms with Gasteiger partial charge in [-0.25, -0.2) is 4.79 Å². The number of nitrogens with zero attached hydrogens (tertiary/aromatic N) is 3. The van der Waals surface area contributed by atoms with Crippen molar-refractivity contribution in [1.82, 2.24) is 14.9 Å². The Kier molecular flexibility index (Phi) is 6.67. The minimum Gasteiger partial charge on any atom is -0.465 e. The molecule has 3 N–H and O–H groups in total. The molecule has 0 aliphatic carbocycles. The smallest absolute Gasteiger partial charge is 0.408 e. The standard InChI is InChI=1S/C23H32N4O2/c1-7-8-20(27(21(28)29)23(5,6)15-22(2,3)4)19-13-16(9-12-26-19)17-10-11-25-14-18(17)24/h7,9-14,20H,1,8,15,24H2,2-6H3,(H,28,29)/t20-/m0/s1. The molecule has 2 aromatic rings. The molecular formula is C23H32N4O2. The molecule has 0 saturated carbocycles. The molecule has 2 aromatic heterocycles. The first-order valence-electron chi connectivity index (χ1n) is 9.75. The Morgan fingerprint density at radius 3 is 2.52 bits per heavy atom. The van der Waals surface area contributed by atoms with Crippen molar-refractivity contribution in [2.45, 2.75) is 59.0 Å². The monoisotopic (exact) mass is 396 g/mol. The number of anilines is 1. The van der Waals surface area contributed by atoms with Gasteiger partial charge in [0.2, 0.25) is 0 Å². The first-order valence-corrected chi connectivity index (χ1v) is 9.75. The zero-order valence-corrected chi connectivity index (χ0v) is 18.0.